The van der Waals surface area contributed by atoms with Crippen LogP contribution in [-0.2, 0) is 11.3 Å². The molecule has 2 aromatic rings. The summed E-state index contributed by atoms with van der Waals surface area (Å²) in [5.41, 5.74) is 5.39. The molecule has 0 saturated heterocycles. The van der Waals surface area contributed by atoms with Crippen molar-refractivity contribution in [1.82, 2.24) is 0 Å². The molecule has 0 radical (unpaired) electrons. The number of benzene rings is 2. The molecule has 2 aromatic carbocycles. The van der Waals surface area contributed by atoms with E-state index >= 15 is 0 Å². The van der Waals surface area contributed by atoms with Crippen LogP contribution in [0.1, 0.15) is 23.6 Å². The van der Waals surface area contributed by atoms with Crippen LogP contribution in [0, 0.1) is 13.8 Å². The fraction of sp³-hybridized carbons (Fsp3) is 0.235. The van der Waals surface area contributed by atoms with Crippen LogP contribution in [0.25, 0.3) is 0 Å². The van der Waals surface area contributed by atoms with E-state index in [-0.39, 0.29) is 5.91 Å². The number of hydrogen-bond donors (Lipinski definition) is 2. The van der Waals surface area contributed by atoms with Crippen molar-refractivity contribution in [1.29, 1.82) is 0 Å². The summed E-state index contributed by atoms with van der Waals surface area (Å²) in [5, 5.41) is 6.27. The number of aryl methyl sites for hydroxylation is 2. The van der Waals surface area contributed by atoms with Gasteiger partial charge in [-0.1, -0.05) is 34.1 Å². The van der Waals surface area contributed by atoms with E-state index in [0.29, 0.717) is 6.54 Å². The van der Waals surface area contributed by atoms with E-state index in [0.717, 1.165) is 21.4 Å². The van der Waals surface area contributed by atoms with Gasteiger partial charge in [0.1, 0.15) is 0 Å². The maximum Gasteiger partial charge on any atom is 0.221 e. The van der Waals surface area contributed by atoms with Crippen molar-refractivity contribution >= 4 is 33.2 Å². The van der Waals surface area contributed by atoms with Crippen LogP contribution in [0.4, 0.5) is 11.4 Å². The molecule has 1 amide bonds. The van der Waals surface area contributed by atoms with Gasteiger partial charge in [-0.05, 0) is 48.7 Å². The molecule has 2 rings (SSSR count). The number of hydrogen-bond acceptors (Lipinski definition) is 2. The van der Waals surface area contributed by atoms with Crippen molar-refractivity contribution in [2.45, 2.75) is 27.3 Å². The molecule has 110 valence electrons. The van der Waals surface area contributed by atoms with Crippen LogP contribution in [0.2, 0.25) is 0 Å². The Hall–Kier alpha value is -1.81. The Balaban J connectivity index is 2.15. The van der Waals surface area contributed by atoms with Gasteiger partial charge in [0.2, 0.25) is 5.91 Å². The normalized spacial score (nSPS) is 10.3. The second-order valence-electron chi connectivity index (χ2n) is 5.12. The van der Waals surface area contributed by atoms with Gasteiger partial charge >= 0.3 is 0 Å². The first-order chi connectivity index (χ1) is 9.97. The van der Waals surface area contributed by atoms with Crippen molar-refractivity contribution in [3.8, 4) is 0 Å². The largest absolute Gasteiger partial charge is 0.381 e. The first kappa shape index (κ1) is 15.6. The van der Waals surface area contributed by atoms with Crippen molar-refractivity contribution in [2.75, 3.05) is 10.6 Å². The summed E-state index contributed by atoms with van der Waals surface area (Å²) in [6.07, 6.45) is 0. The summed E-state index contributed by atoms with van der Waals surface area (Å²) < 4.78 is 1.15. The molecule has 0 atom stereocenters. The van der Waals surface area contributed by atoms with Gasteiger partial charge in [-0.15, -0.1) is 0 Å². The second kappa shape index (κ2) is 6.76. The van der Waals surface area contributed by atoms with Gasteiger partial charge in [-0.3, -0.25) is 4.79 Å². The van der Waals surface area contributed by atoms with Gasteiger partial charge in [-0.25, -0.2) is 0 Å². The molecule has 21 heavy (non-hydrogen) atoms. The molecule has 0 aromatic heterocycles. The molecule has 0 aliphatic heterocycles. The van der Waals surface area contributed by atoms with Crippen LogP contribution in [0.5, 0.6) is 0 Å². The molecule has 0 aliphatic carbocycles. The second-order valence-corrected chi connectivity index (χ2v) is 5.91. The van der Waals surface area contributed by atoms with Gasteiger partial charge in [0.05, 0.1) is 0 Å². The van der Waals surface area contributed by atoms with E-state index in [4.69, 9.17) is 0 Å². The van der Waals surface area contributed by atoms with E-state index in [1.54, 1.807) is 0 Å². The topological polar surface area (TPSA) is 41.1 Å². The van der Waals surface area contributed by atoms with Crippen LogP contribution in [-0.4, -0.2) is 5.91 Å². The lowest BCUT2D eigenvalue weighted by molar-refractivity contribution is -0.114. The SMILES string of the molecule is CC(=O)Nc1ccccc1CNc1cc(C)c(Br)c(C)c1. The van der Waals surface area contributed by atoms with E-state index < -0.39 is 0 Å². The Labute approximate surface area is 133 Å². The quantitative estimate of drug-likeness (QED) is 0.846. The third-order valence-electron chi connectivity index (χ3n) is 3.25. The summed E-state index contributed by atoms with van der Waals surface area (Å²) >= 11 is 3.57. The Morgan fingerprint density at radius 1 is 1.14 bits per heavy atom. The molecule has 0 heterocycles. The number of nitrogens with one attached hydrogen (secondary N) is 2. The zero-order valence-corrected chi connectivity index (χ0v) is 14.0. The third kappa shape index (κ3) is 4.08. The molecule has 3 nitrogen and oxygen atoms in total. The third-order valence-corrected chi connectivity index (χ3v) is 4.50. The Morgan fingerprint density at radius 3 is 2.38 bits per heavy atom. The highest BCUT2D eigenvalue weighted by atomic mass is 79.9. The van der Waals surface area contributed by atoms with Crippen LogP contribution < -0.4 is 10.6 Å². The molecule has 4 heteroatoms. The maximum absolute atomic E-state index is 11.2. The average Bonchev–Trinajstić information content (AvgIpc) is 2.43. The molecule has 0 unspecified atom stereocenters. The minimum Gasteiger partial charge on any atom is -0.381 e. The lowest BCUT2D eigenvalue weighted by Crippen LogP contribution is -2.10. The fourth-order valence-corrected chi connectivity index (χ4v) is 2.46. The fourth-order valence-electron chi connectivity index (χ4n) is 2.23. The number of halogens is 1. The predicted molar refractivity (Wildman–Crippen MR) is 91.7 cm³/mol. The number of amides is 1. The summed E-state index contributed by atoms with van der Waals surface area (Å²) in [7, 11) is 0. The lowest BCUT2D eigenvalue weighted by atomic mass is 10.1. The highest BCUT2D eigenvalue weighted by Gasteiger charge is 2.05. The van der Waals surface area contributed by atoms with Crippen molar-refractivity contribution < 1.29 is 4.79 Å². The zero-order valence-electron chi connectivity index (χ0n) is 12.5. The smallest absolute Gasteiger partial charge is 0.221 e. The number of carbonyl (C=O) groups is 1. The van der Waals surface area contributed by atoms with Crippen LogP contribution >= 0.6 is 15.9 Å². The lowest BCUT2D eigenvalue weighted by Gasteiger charge is -2.13. The van der Waals surface area contributed by atoms with Gasteiger partial charge < -0.3 is 10.6 Å². The first-order valence-corrected chi connectivity index (χ1v) is 7.63. The summed E-state index contributed by atoms with van der Waals surface area (Å²) in [4.78, 5) is 11.2. The van der Waals surface area contributed by atoms with E-state index in [1.807, 2.05) is 24.3 Å². The standard InChI is InChI=1S/C17H19BrN2O/c1-11-8-15(9-12(2)17(11)18)19-10-14-6-4-5-7-16(14)20-13(3)21/h4-9,19H,10H2,1-3H3,(H,20,21). The zero-order chi connectivity index (χ0) is 15.4. The minimum absolute atomic E-state index is 0.0576. The highest BCUT2D eigenvalue weighted by molar-refractivity contribution is 9.10. The number of anilines is 2. The van der Waals surface area contributed by atoms with Crippen LogP contribution in [0.3, 0.4) is 0 Å². The molecule has 2 N–H and O–H groups in total. The van der Waals surface area contributed by atoms with Crippen LogP contribution in [0.15, 0.2) is 40.9 Å². The molecular formula is C17H19BrN2O. The molecule has 0 bridgehead atoms. The maximum atomic E-state index is 11.2. The minimum atomic E-state index is -0.0576. The molecule has 0 fully saturated rings. The monoisotopic (exact) mass is 346 g/mol. The molecular weight excluding hydrogens is 328 g/mol. The van der Waals surface area contributed by atoms with E-state index in [1.165, 1.54) is 18.1 Å². The highest BCUT2D eigenvalue weighted by Crippen LogP contribution is 2.26. The van der Waals surface area contributed by atoms with Gasteiger partial charge in [0.25, 0.3) is 0 Å². The van der Waals surface area contributed by atoms with E-state index in [2.05, 4.69) is 52.5 Å². The van der Waals surface area contributed by atoms with Crippen molar-refractivity contribution in [3.63, 3.8) is 0 Å². The van der Waals surface area contributed by atoms with Gasteiger partial charge in [-0.2, -0.15) is 0 Å². The van der Waals surface area contributed by atoms with Gasteiger partial charge in [0.15, 0.2) is 0 Å². The molecule has 0 spiro atoms. The predicted octanol–water partition coefficient (Wildman–Crippen LogP) is 4.64. The number of para-hydroxylation sites is 1. The summed E-state index contributed by atoms with van der Waals surface area (Å²) in [5.74, 6) is -0.0576. The Kier molecular flexibility index (Phi) is 5.02. The molecule has 0 aliphatic rings. The molecule has 0 saturated carbocycles. The first-order valence-electron chi connectivity index (χ1n) is 6.83. The van der Waals surface area contributed by atoms with E-state index in [9.17, 15) is 4.79 Å². The van der Waals surface area contributed by atoms with Crippen molar-refractivity contribution in [3.05, 3.63) is 57.6 Å². The Bertz CT molecular complexity index is 645. The summed E-state index contributed by atoms with van der Waals surface area (Å²) in [6.45, 7) is 6.34. The average molecular weight is 347 g/mol. The van der Waals surface area contributed by atoms with Crippen molar-refractivity contribution in [2.24, 2.45) is 0 Å². The Morgan fingerprint density at radius 2 is 1.76 bits per heavy atom. The summed E-state index contributed by atoms with van der Waals surface area (Å²) in [6, 6.07) is 12.0. The number of rotatable bonds is 4. The van der Waals surface area contributed by atoms with Gasteiger partial charge in [0, 0.05) is 29.3 Å². The number of carbonyl (C=O) groups excluding carboxylic acids is 1.